The third-order valence-electron chi connectivity index (χ3n) is 4.53. The zero-order chi connectivity index (χ0) is 23.9. The number of rotatable bonds is 5. The molecule has 0 radical (unpaired) electrons. The molecule has 3 heterocycles. The first-order valence-electron chi connectivity index (χ1n) is 8.93. The molecule has 3 N–H and O–H groups in total. The van der Waals surface area contributed by atoms with E-state index in [0.717, 1.165) is 24.5 Å². The largest absolute Gasteiger partial charge is 0.575 e. The van der Waals surface area contributed by atoms with Crippen molar-refractivity contribution in [3.8, 4) is 17.1 Å². The van der Waals surface area contributed by atoms with Crippen molar-refractivity contribution in [1.82, 2.24) is 19.9 Å². The average molecular weight is 463 g/mol. The minimum absolute atomic E-state index is 0.149. The van der Waals surface area contributed by atoms with E-state index >= 15 is 0 Å². The number of aromatic nitrogens is 4. The molecule has 0 fully saturated rings. The number of aromatic amines is 1. The predicted molar refractivity (Wildman–Crippen MR) is 102 cm³/mol. The Morgan fingerprint density at radius 2 is 1.64 bits per heavy atom. The minimum atomic E-state index is -4.96. The summed E-state index contributed by atoms with van der Waals surface area (Å²) in [4.78, 5) is 38.0. The smallest absolute Gasteiger partial charge is 0.371 e. The summed E-state index contributed by atoms with van der Waals surface area (Å²) in [6.07, 6.45) is -0.373. The van der Waals surface area contributed by atoms with Crippen molar-refractivity contribution in [2.75, 3.05) is 0 Å². The van der Waals surface area contributed by atoms with Gasteiger partial charge in [0.25, 0.3) is 5.91 Å². The Kier molecular flexibility index (Phi) is 5.24. The van der Waals surface area contributed by atoms with Gasteiger partial charge in [-0.05, 0) is 18.2 Å². The summed E-state index contributed by atoms with van der Waals surface area (Å²) in [6.45, 7) is 0. The lowest BCUT2D eigenvalue weighted by Gasteiger charge is -2.08. The number of halogens is 5. The van der Waals surface area contributed by atoms with Crippen LogP contribution in [0.1, 0.15) is 26.3 Å². The summed E-state index contributed by atoms with van der Waals surface area (Å²) >= 11 is 0. The van der Waals surface area contributed by atoms with Crippen LogP contribution in [0.4, 0.5) is 22.0 Å². The first-order valence-corrected chi connectivity index (χ1v) is 8.93. The van der Waals surface area contributed by atoms with E-state index in [-0.39, 0.29) is 22.2 Å². The van der Waals surface area contributed by atoms with Gasteiger partial charge in [-0.3, -0.25) is 9.59 Å². The molecule has 1 aromatic carbocycles. The Bertz CT molecular complexity index is 1400. The number of primary amides is 1. The summed E-state index contributed by atoms with van der Waals surface area (Å²) in [5.41, 5.74) is 3.97. The first kappa shape index (κ1) is 21.8. The highest BCUT2D eigenvalue weighted by atomic mass is 19.4. The lowest BCUT2D eigenvalue weighted by molar-refractivity contribution is -0.277. The second-order valence-corrected chi connectivity index (χ2v) is 6.60. The van der Waals surface area contributed by atoms with E-state index in [0.29, 0.717) is 5.56 Å². The quantitative estimate of drug-likeness (QED) is 0.345. The van der Waals surface area contributed by atoms with Crippen LogP contribution in [0.15, 0.2) is 43.0 Å². The summed E-state index contributed by atoms with van der Waals surface area (Å²) in [6, 6.07) is 2.06. The van der Waals surface area contributed by atoms with Crippen LogP contribution in [-0.2, 0) is 0 Å². The third-order valence-corrected chi connectivity index (χ3v) is 4.53. The molecule has 0 aliphatic heterocycles. The Morgan fingerprint density at radius 1 is 0.970 bits per heavy atom. The fourth-order valence-corrected chi connectivity index (χ4v) is 3.06. The highest BCUT2D eigenvalue weighted by Crippen LogP contribution is 2.28. The van der Waals surface area contributed by atoms with Crippen LogP contribution in [0.3, 0.4) is 0 Å². The molecule has 4 aromatic rings. The molecule has 0 spiro atoms. The number of ketones is 1. The maximum atomic E-state index is 14.6. The third kappa shape index (κ3) is 4.20. The van der Waals surface area contributed by atoms with E-state index in [1.165, 1.54) is 18.5 Å². The van der Waals surface area contributed by atoms with E-state index in [4.69, 9.17) is 5.73 Å². The predicted octanol–water partition coefficient (Wildman–Crippen LogP) is 3.53. The zero-order valence-corrected chi connectivity index (χ0v) is 16.1. The van der Waals surface area contributed by atoms with Gasteiger partial charge < -0.3 is 15.5 Å². The van der Waals surface area contributed by atoms with Crippen molar-refractivity contribution in [3.63, 3.8) is 0 Å². The number of fused-ring (bicyclic) bond motifs is 1. The molecular weight excluding hydrogens is 453 g/mol. The van der Waals surface area contributed by atoms with Crippen LogP contribution < -0.4 is 10.5 Å². The number of nitrogens with zero attached hydrogens (tertiary/aromatic N) is 3. The van der Waals surface area contributed by atoms with Gasteiger partial charge >= 0.3 is 12.4 Å². The molecule has 0 bridgehead atoms. The SMILES string of the molecule is NC(=O)c1ccc(F)c(C(=O)c2c[nH]c3ncc(-c4cnc(OC(F)(F)F)nc4)cc23)c1F. The summed E-state index contributed by atoms with van der Waals surface area (Å²) in [7, 11) is 0. The number of H-pyrrole nitrogens is 1. The molecule has 3 aromatic heterocycles. The Morgan fingerprint density at radius 3 is 2.27 bits per heavy atom. The van der Waals surface area contributed by atoms with E-state index < -0.39 is 46.8 Å². The van der Waals surface area contributed by atoms with Crippen LogP contribution in [-0.4, -0.2) is 38.0 Å². The number of hydrogen-bond acceptors (Lipinski definition) is 6. The zero-order valence-electron chi connectivity index (χ0n) is 16.1. The number of nitrogens with one attached hydrogen (secondary N) is 1. The summed E-state index contributed by atoms with van der Waals surface area (Å²) in [5.74, 6) is -4.86. The van der Waals surface area contributed by atoms with Crippen LogP contribution in [0.2, 0.25) is 0 Å². The average Bonchev–Trinajstić information content (AvgIpc) is 3.16. The molecule has 0 atom stereocenters. The van der Waals surface area contributed by atoms with E-state index in [1.807, 2.05) is 0 Å². The number of amides is 1. The van der Waals surface area contributed by atoms with E-state index in [9.17, 15) is 31.5 Å². The Labute approximate surface area is 180 Å². The van der Waals surface area contributed by atoms with Crippen LogP contribution in [0.5, 0.6) is 6.01 Å². The lowest BCUT2D eigenvalue weighted by atomic mass is 9.98. The molecule has 1 amide bonds. The number of ether oxygens (including phenoxy) is 1. The number of benzene rings is 1. The maximum absolute atomic E-state index is 14.6. The first-order chi connectivity index (χ1) is 15.5. The normalized spacial score (nSPS) is 11.5. The van der Waals surface area contributed by atoms with E-state index in [1.54, 1.807) is 0 Å². The second-order valence-electron chi connectivity index (χ2n) is 6.60. The Hall–Kier alpha value is -4.42. The van der Waals surface area contributed by atoms with E-state index in [2.05, 4.69) is 24.7 Å². The number of alkyl halides is 3. The highest BCUT2D eigenvalue weighted by molar-refractivity contribution is 6.17. The standard InChI is InChI=1S/C20H10F5N5O3/c21-13-2-1-10(17(26)32)15(22)14(13)16(31)12-7-28-18-11(12)3-8(4-27-18)9-5-29-19(30-6-9)33-20(23,24)25/h1-7H,(H2,26,32)(H,27,28). The monoisotopic (exact) mass is 463 g/mol. The van der Waals surface area contributed by atoms with Crippen LogP contribution >= 0.6 is 0 Å². The maximum Gasteiger partial charge on any atom is 0.575 e. The fraction of sp³-hybridized carbons (Fsp3) is 0.0500. The summed E-state index contributed by atoms with van der Waals surface area (Å²) in [5, 5.41) is 0.149. The van der Waals surface area contributed by atoms with Gasteiger partial charge in [0, 0.05) is 46.9 Å². The molecule has 4 rings (SSSR count). The number of nitrogens with two attached hydrogens (primary N) is 1. The van der Waals surface area contributed by atoms with Gasteiger partial charge in [-0.2, -0.15) is 0 Å². The highest BCUT2D eigenvalue weighted by Gasteiger charge is 2.32. The van der Waals surface area contributed by atoms with Gasteiger partial charge in [0.1, 0.15) is 17.3 Å². The van der Waals surface area contributed by atoms with Crippen molar-refractivity contribution in [2.45, 2.75) is 6.36 Å². The summed E-state index contributed by atoms with van der Waals surface area (Å²) < 4.78 is 69.3. The topological polar surface area (TPSA) is 124 Å². The van der Waals surface area contributed by atoms with Crippen molar-refractivity contribution in [1.29, 1.82) is 0 Å². The molecule has 168 valence electrons. The molecule has 0 aliphatic carbocycles. The van der Waals surface area contributed by atoms with Crippen LogP contribution in [0.25, 0.3) is 22.2 Å². The molecule has 0 unspecified atom stereocenters. The van der Waals surface area contributed by atoms with Gasteiger partial charge in [-0.15, -0.1) is 13.2 Å². The van der Waals surface area contributed by atoms with Crippen molar-refractivity contribution >= 4 is 22.7 Å². The van der Waals surface area contributed by atoms with Gasteiger partial charge in [0.15, 0.2) is 0 Å². The molecule has 0 aliphatic rings. The molecule has 33 heavy (non-hydrogen) atoms. The van der Waals surface area contributed by atoms with Gasteiger partial charge in [0.2, 0.25) is 5.78 Å². The molecule has 0 saturated carbocycles. The van der Waals surface area contributed by atoms with Gasteiger partial charge in [0.05, 0.1) is 11.1 Å². The molecule has 0 saturated heterocycles. The second kappa shape index (κ2) is 7.93. The number of pyridine rings is 1. The molecule has 8 nitrogen and oxygen atoms in total. The van der Waals surface area contributed by atoms with Gasteiger partial charge in [-0.25, -0.2) is 23.7 Å². The van der Waals surface area contributed by atoms with Crippen molar-refractivity contribution < 1.29 is 36.3 Å². The van der Waals surface area contributed by atoms with Gasteiger partial charge in [-0.1, -0.05) is 0 Å². The lowest BCUT2D eigenvalue weighted by Crippen LogP contribution is -2.18. The number of carbonyl (C=O) groups is 2. The van der Waals surface area contributed by atoms with Crippen molar-refractivity contribution in [2.24, 2.45) is 5.73 Å². The number of carbonyl (C=O) groups excluding carboxylic acids is 2. The molecule has 13 heteroatoms. The fourth-order valence-electron chi connectivity index (χ4n) is 3.06. The number of hydrogen-bond donors (Lipinski definition) is 2. The van der Waals surface area contributed by atoms with Crippen LogP contribution in [0, 0.1) is 11.6 Å². The molecular formula is C20H10F5N5O3. The van der Waals surface area contributed by atoms with Crippen molar-refractivity contribution in [3.05, 3.63) is 71.3 Å². The minimum Gasteiger partial charge on any atom is -0.371 e. The Balaban J connectivity index is 1.75.